The number of hydrogen-bond acceptors (Lipinski definition) is 6. The number of ketones is 1. The highest BCUT2D eigenvalue weighted by atomic mass is 16.5. The Balaban J connectivity index is 1.56. The largest absolute Gasteiger partial charge is 0.497 e. The Kier molecular flexibility index (Phi) is 5.59. The molecule has 8 nitrogen and oxygen atoms in total. The van der Waals surface area contributed by atoms with Crippen LogP contribution in [0.5, 0.6) is 11.6 Å². The maximum Gasteiger partial charge on any atom is 0.305 e. The fraction of sp³-hybridized carbons (Fsp3) is 0.385. The molecule has 3 aromatic rings. The Morgan fingerprint density at radius 3 is 2.76 bits per heavy atom. The number of nitrogens with two attached hydrogens (primary N) is 1. The van der Waals surface area contributed by atoms with E-state index < -0.39 is 0 Å². The number of methoxy groups -OCH3 is 1. The second kappa shape index (κ2) is 8.59. The van der Waals surface area contributed by atoms with E-state index in [1.807, 2.05) is 39.6 Å². The number of ether oxygens (including phenoxy) is 2. The molecule has 1 atom stereocenters. The van der Waals surface area contributed by atoms with Gasteiger partial charge in [0, 0.05) is 37.4 Å². The number of Topliss-reactive ketones (excluding diaryl/α,β-unsaturated/α-hetero) is 1. The van der Waals surface area contributed by atoms with Gasteiger partial charge in [-0.2, -0.15) is 0 Å². The lowest BCUT2D eigenvalue weighted by Crippen LogP contribution is -2.41. The fourth-order valence-corrected chi connectivity index (χ4v) is 4.97. The SMILES string of the molecule is COc1ccc([C@@H]2C3=C(CC(C)(C)CC3=O)Oc3nc[n+](CCCn4ccnc4)c(N)c32)cc1. The van der Waals surface area contributed by atoms with Crippen LogP contribution in [0.3, 0.4) is 0 Å². The van der Waals surface area contributed by atoms with Gasteiger partial charge in [0.25, 0.3) is 0 Å². The minimum Gasteiger partial charge on any atom is -0.497 e. The number of rotatable bonds is 6. The lowest BCUT2D eigenvalue weighted by molar-refractivity contribution is -0.686. The maximum atomic E-state index is 13.4. The molecule has 0 amide bonds. The third-order valence-corrected chi connectivity index (χ3v) is 6.63. The van der Waals surface area contributed by atoms with Gasteiger partial charge in [-0.3, -0.25) is 4.79 Å². The van der Waals surface area contributed by atoms with Crippen molar-refractivity contribution in [3.8, 4) is 11.6 Å². The van der Waals surface area contributed by atoms with E-state index in [1.54, 1.807) is 26.0 Å². The first-order chi connectivity index (χ1) is 16.4. The van der Waals surface area contributed by atoms with E-state index >= 15 is 0 Å². The van der Waals surface area contributed by atoms with Gasteiger partial charge in [-0.25, -0.2) is 9.55 Å². The van der Waals surface area contributed by atoms with Crippen LogP contribution in [0.2, 0.25) is 0 Å². The Hall–Kier alpha value is -3.68. The Bertz CT molecular complexity index is 1250. The van der Waals surface area contributed by atoms with E-state index in [-0.39, 0.29) is 17.1 Å². The van der Waals surface area contributed by atoms with Crippen LogP contribution in [0.15, 0.2) is 60.6 Å². The second-order valence-corrected chi connectivity index (χ2v) is 9.78. The lowest BCUT2D eigenvalue weighted by atomic mass is 9.70. The number of carbonyl (C=O) groups is 1. The van der Waals surface area contributed by atoms with Crippen molar-refractivity contribution in [2.75, 3.05) is 12.8 Å². The molecule has 2 N–H and O–H groups in total. The first-order valence-electron chi connectivity index (χ1n) is 11.6. The Morgan fingerprint density at radius 2 is 2.06 bits per heavy atom. The van der Waals surface area contributed by atoms with Gasteiger partial charge in [0.05, 0.1) is 25.9 Å². The molecular formula is C26H30N5O3+. The van der Waals surface area contributed by atoms with Gasteiger partial charge in [-0.1, -0.05) is 31.0 Å². The minimum atomic E-state index is -0.332. The molecule has 2 aromatic heterocycles. The monoisotopic (exact) mass is 460 g/mol. The van der Waals surface area contributed by atoms with Gasteiger partial charge in [0.2, 0.25) is 12.1 Å². The summed E-state index contributed by atoms with van der Waals surface area (Å²) >= 11 is 0. The number of aryl methyl sites for hydroxylation is 2. The van der Waals surface area contributed by atoms with Crippen LogP contribution >= 0.6 is 0 Å². The summed E-state index contributed by atoms with van der Waals surface area (Å²) in [6.07, 6.45) is 9.26. The van der Waals surface area contributed by atoms with Crippen molar-refractivity contribution in [3.05, 3.63) is 71.8 Å². The zero-order valence-electron chi connectivity index (χ0n) is 19.8. The topological polar surface area (TPSA) is 96.1 Å². The molecule has 0 unspecified atom stereocenters. The van der Waals surface area contributed by atoms with E-state index in [9.17, 15) is 4.79 Å². The van der Waals surface area contributed by atoms with Gasteiger partial charge in [0.1, 0.15) is 17.1 Å². The van der Waals surface area contributed by atoms with Crippen molar-refractivity contribution < 1.29 is 18.8 Å². The molecule has 0 saturated carbocycles. The molecule has 1 aromatic carbocycles. The summed E-state index contributed by atoms with van der Waals surface area (Å²) in [7, 11) is 1.64. The van der Waals surface area contributed by atoms with E-state index in [4.69, 9.17) is 15.2 Å². The number of aromatic nitrogens is 4. The summed E-state index contributed by atoms with van der Waals surface area (Å²) < 4.78 is 15.6. The summed E-state index contributed by atoms with van der Waals surface area (Å²) in [5.41, 5.74) is 8.99. The van der Waals surface area contributed by atoms with Crippen molar-refractivity contribution in [1.29, 1.82) is 0 Å². The minimum absolute atomic E-state index is 0.104. The number of imidazole rings is 1. The summed E-state index contributed by atoms with van der Waals surface area (Å²) in [4.78, 5) is 22.2. The predicted octanol–water partition coefficient (Wildman–Crippen LogP) is 3.41. The summed E-state index contributed by atoms with van der Waals surface area (Å²) in [6.45, 7) is 5.70. The number of nitrogen functional groups attached to an aromatic ring is 1. The molecule has 1 aliphatic carbocycles. The van der Waals surface area contributed by atoms with E-state index in [0.29, 0.717) is 42.4 Å². The number of anilines is 1. The Morgan fingerprint density at radius 1 is 1.26 bits per heavy atom. The van der Waals surface area contributed by atoms with Crippen molar-refractivity contribution in [1.82, 2.24) is 14.5 Å². The van der Waals surface area contributed by atoms with E-state index in [2.05, 4.69) is 23.8 Å². The molecule has 0 radical (unpaired) electrons. The molecule has 3 heterocycles. The van der Waals surface area contributed by atoms with E-state index in [0.717, 1.165) is 29.8 Å². The summed E-state index contributed by atoms with van der Waals surface area (Å²) in [5.74, 6) is 2.29. The number of hydrogen-bond donors (Lipinski definition) is 1. The highest BCUT2D eigenvalue weighted by Gasteiger charge is 2.45. The van der Waals surface area contributed by atoms with Crippen LogP contribution in [0.4, 0.5) is 5.82 Å². The van der Waals surface area contributed by atoms with Crippen LogP contribution < -0.4 is 19.8 Å². The van der Waals surface area contributed by atoms with Crippen LogP contribution in [-0.2, 0) is 17.9 Å². The quantitative estimate of drug-likeness (QED) is 0.567. The van der Waals surface area contributed by atoms with Crippen molar-refractivity contribution in [3.63, 3.8) is 0 Å². The molecule has 176 valence electrons. The van der Waals surface area contributed by atoms with Crippen LogP contribution in [0.25, 0.3) is 0 Å². The first-order valence-corrected chi connectivity index (χ1v) is 11.6. The number of carbonyl (C=O) groups excluding carboxylic acids is 1. The van der Waals surface area contributed by atoms with Crippen LogP contribution in [-0.4, -0.2) is 27.4 Å². The summed E-state index contributed by atoms with van der Waals surface area (Å²) in [6, 6.07) is 7.81. The molecule has 5 rings (SSSR count). The third-order valence-electron chi connectivity index (χ3n) is 6.63. The molecule has 0 bridgehead atoms. The summed E-state index contributed by atoms with van der Waals surface area (Å²) in [5, 5.41) is 0. The van der Waals surface area contributed by atoms with Gasteiger partial charge in [-0.15, -0.1) is 0 Å². The molecule has 8 heteroatoms. The van der Waals surface area contributed by atoms with Gasteiger partial charge >= 0.3 is 5.88 Å². The smallest absolute Gasteiger partial charge is 0.305 e. The zero-order valence-corrected chi connectivity index (χ0v) is 19.8. The average Bonchev–Trinajstić information content (AvgIpc) is 3.32. The molecule has 34 heavy (non-hydrogen) atoms. The molecular weight excluding hydrogens is 430 g/mol. The zero-order chi connectivity index (χ0) is 23.9. The van der Waals surface area contributed by atoms with Gasteiger partial charge in [0.15, 0.2) is 5.78 Å². The molecule has 0 fully saturated rings. The van der Waals surface area contributed by atoms with Crippen LogP contribution in [0, 0.1) is 5.41 Å². The number of allylic oxidation sites excluding steroid dienone is 2. The lowest BCUT2D eigenvalue weighted by Gasteiger charge is -2.37. The van der Waals surface area contributed by atoms with Gasteiger partial charge in [-0.05, 0) is 29.5 Å². The molecule has 2 aliphatic rings. The predicted molar refractivity (Wildman–Crippen MR) is 126 cm³/mol. The highest BCUT2D eigenvalue weighted by molar-refractivity contribution is 6.00. The molecule has 0 saturated heterocycles. The molecule has 0 spiro atoms. The van der Waals surface area contributed by atoms with Gasteiger partial charge < -0.3 is 19.8 Å². The van der Waals surface area contributed by atoms with Crippen molar-refractivity contribution in [2.24, 2.45) is 5.41 Å². The third kappa shape index (κ3) is 4.04. The van der Waals surface area contributed by atoms with Crippen LogP contribution in [0.1, 0.15) is 50.2 Å². The highest BCUT2D eigenvalue weighted by Crippen LogP contribution is 2.50. The number of benzene rings is 1. The van der Waals surface area contributed by atoms with Crippen molar-refractivity contribution in [2.45, 2.75) is 52.1 Å². The number of fused-ring (bicyclic) bond motifs is 1. The normalized spacial score (nSPS) is 18.8. The van der Waals surface area contributed by atoms with Crippen molar-refractivity contribution >= 4 is 11.6 Å². The maximum absolute atomic E-state index is 13.4. The second-order valence-electron chi connectivity index (χ2n) is 9.78. The fourth-order valence-electron chi connectivity index (χ4n) is 4.97. The van der Waals surface area contributed by atoms with E-state index in [1.165, 1.54) is 0 Å². The average molecular weight is 461 g/mol. The number of nitrogens with zero attached hydrogens (tertiary/aromatic N) is 4. The standard InChI is InChI=1S/C26H29N5O3/c1-26(2)13-19(32)22-20(14-26)34-25-23(21(22)17-5-7-18(33-3)8-6-17)24(27)31(16-29-25)11-4-10-30-12-9-28-15-30/h5-9,12,15-16,21,27H,4,10-11,13-14H2,1-3H3/p+1/t21-/m1/s1. The molecule has 1 aliphatic heterocycles. The Labute approximate surface area is 199 Å². The first kappa shape index (κ1) is 22.1.